The zero-order chi connectivity index (χ0) is 24.6. The van der Waals surface area contributed by atoms with Gasteiger partial charge in [-0.05, 0) is 79.5 Å². The van der Waals surface area contributed by atoms with Gasteiger partial charge < -0.3 is 15.3 Å². The van der Waals surface area contributed by atoms with Crippen molar-refractivity contribution in [1.82, 2.24) is 20.4 Å². The Bertz CT molecular complexity index is 1180. The molecule has 186 valence electrons. The summed E-state index contributed by atoms with van der Waals surface area (Å²) in [4.78, 5) is 15.0. The van der Waals surface area contributed by atoms with Crippen molar-refractivity contribution < 1.29 is 18.7 Å². The maximum Gasteiger partial charge on any atom is 0.317 e. The van der Waals surface area contributed by atoms with Gasteiger partial charge in [0, 0.05) is 18.5 Å². The van der Waals surface area contributed by atoms with Gasteiger partial charge in [0.25, 0.3) is 0 Å². The summed E-state index contributed by atoms with van der Waals surface area (Å²) in [7, 11) is 0. The first-order valence-corrected chi connectivity index (χ1v) is 12.7. The van der Waals surface area contributed by atoms with Gasteiger partial charge >= 0.3 is 6.03 Å². The molecule has 6 rings (SSSR count). The van der Waals surface area contributed by atoms with Crippen LogP contribution in [-0.2, 0) is 5.41 Å². The van der Waals surface area contributed by atoms with Crippen molar-refractivity contribution in [3.8, 4) is 11.3 Å². The highest BCUT2D eigenvalue weighted by molar-refractivity contribution is 5.76. The van der Waals surface area contributed by atoms with Crippen molar-refractivity contribution in [3.05, 3.63) is 47.2 Å². The molecular formula is C27H32F2N4O2. The van der Waals surface area contributed by atoms with Crippen LogP contribution >= 0.6 is 0 Å². The van der Waals surface area contributed by atoms with E-state index in [9.17, 15) is 18.7 Å². The summed E-state index contributed by atoms with van der Waals surface area (Å²) in [5, 5.41) is 21.7. The number of nitrogens with zero attached hydrogens (tertiary/aromatic N) is 3. The van der Waals surface area contributed by atoms with E-state index in [1.165, 1.54) is 18.2 Å². The lowest BCUT2D eigenvalue weighted by molar-refractivity contribution is 0.0661. The van der Waals surface area contributed by atoms with Crippen molar-refractivity contribution in [2.45, 2.75) is 69.2 Å². The predicted molar refractivity (Wildman–Crippen MR) is 127 cm³/mol. The molecule has 6 nitrogen and oxygen atoms in total. The molecule has 8 heteroatoms. The molecule has 1 aromatic carbocycles. The molecule has 3 unspecified atom stereocenters. The molecule has 0 radical (unpaired) electrons. The minimum absolute atomic E-state index is 0.0252. The number of urea groups is 1. The van der Waals surface area contributed by atoms with Crippen LogP contribution in [0.1, 0.15) is 69.5 Å². The van der Waals surface area contributed by atoms with Gasteiger partial charge in [-0.1, -0.05) is 19.9 Å². The van der Waals surface area contributed by atoms with Crippen LogP contribution in [0.15, 0.2) is 24.3 Å². The normalized spacial score (nSPS) is 29.7. The van der Waals surface area contributed by atoms with Gasteiger partial charge in [0.1, 0.15) is 11.6 Å². The number of benzene rings is 1. The van der Waals surface area contributed by atoms with Crippen molar-refractivity contribution in [1.29, 1.82) is 0 Å². The molecule has 4 aliphatic rings. The number of nitrogens with one attached hydrogen (secondary N) is 1. The molecular weight excluding hydrogens is 450 g/mol. The Labute approximate surface area is 204 Å². The molecule has 0 spiro atoms. The van der Waals surface area contributed by atoms with Crippen LogP contribution in [0.4, 0.5) is 13.6 Å². The number of hydrogen-bond acceptors (Lipinski definition) is 4. The Morgan fingerprint density at radius 2 is 1.91 bits per heavy atom. The fourth-order valence-corrected chi connectivity index (χ4v) is 7.48. The summed E-state index contributed by atoms with van der Waals surface area (Å²) in [6, 6.07) is 5.60. The first kappa shape index (κ1) is 22.8. The second-order valence-corrected chi connectivity index (χ2v) is 11.6. The maximum absolute atomic E-state index is 14.5. The first-order chi connectivity index (χ1) is 16.7. The van der Waals surface area contributed by atoms with Crippen LogP contribution in [0, 0.1) is 23.0 Å². The molecule has 3 atom stereocenters. The first-order valence-electron chi connectivity index (χ1n) is 12.7. The van der Waals surface area contributed by atoms with E-state index in [1.807, 2.05) is 11.0 Å². The fourth-order valence-electron chi connectivity index (χ4n) is 7.48. The monoisotopic (exact) mass is 482 g/mol. The summed E-state index contributed by atoms with van der Waals surface area (Å²) in [5.74, 6) is -0.823. The highest BCUT2D eigenvalue weighted by Crippen LogP contribution is 2.70. The van der Waals surface area contributed by atoms with E-state index in [4.69, 9.17) is 0 Å². The summed E-state index contributed by atoms with van der Waals surface area (Å²) in [6.07, 6.45) is 5.50. The molecule has 2 bridgehead atoms. The smallest absolute Gasteiger partial charge is 0.317 e. The Morgan fingerprint density at radius 1 is 1.17 bits per heavy atom. The molecule has 2 saturated carbocycles. The molecule has 2 N–H and O–H groups in total. The lowest BCUT2D eigenvalue weighted by Gasteiger charge is -2.48. The van der Waals surface area contributed by atoms with E-state index in [0.717, 1.165) is 49.8 Å². The lowest BCUT2D eigenvalue weighted by atomic mass is 9.59. The number of hydrogen-bond donors (Lipinski definition) is 2. The lowest BCUT2D eigenvalue weighted by Crippen LogP contribution is -2.55. The molecule has 2 amide bonds. The number of aliphatic hydroxyl groups excluding tert-OH is 1. The topological polar surface area (TPSA) is 78.4 Å². The average molecular weight is 483 g/mol. The third-order valence-corrected chi connectivity index (χ3v) is 9.62. The summed E-state index contributed by atoms with van der Waals surface area (Å²) in [5.41, 5.74) is 1.32. The highest BCUT2D eigenvalue weighted by Gasteiger charge is 2.66. The van der Waals surface area contributed by atoms with Crippen LogP contribution in [0.3, 0.4) is 0 Å². The Morgan fingerprint density at radius 3 is 2.60 bits per heavy atom. The number of rotatable bonds is 4. The standard InChI is InChI=1S/C27H32F2N4O2/c1-25(2)18-8-9-27(25,16-5-4-12-33(14-16)24(35)30-26(15-34)10-11-26)23-17(18)13-21(31-32-23)22-19(28)6-3-7-20(22)29/h3,6-7,13,16,18,34H,4-5,8-12,14-15H2,1-2H3,(H,30,35). The van der Waals surface area contributed by atoms with E-state index in [2.05, 4.69) is 29.4 Å². The van der Waals surface area contributed by atoms with E-state index in [-0.39, 0.29) is 46.6 Å². The minimum atomic E-state index is -0.637. The van der Waals surface area contributed by atoms with Crippen molar-refractivity contribution >= 4 is 6.03 Å². The number of aliphatic hydroxyl groups is 1. The molecule has 3 aliphatic carbocycles. The minimum Gasteiger partial charge on any atom is -0.394 e. The number of piperidine rings is 1. The van der Waals surface area contributed by atoms with Crippen LogP contribution in [0.5, 0.6) is 0 Å². The number of carbonyl (C=O) groups is 1. The van der Waals surface area contributed by atoms with Gasteiger partial charge in [0.2, 0.25) is 0 Å². The average Bonchev–Trinajstić information content (AvgIpc) is 3.52. The number of halogens is 2. The SMILES string of the molecule is CC1(C)C2CCC1(C1CCCN(C(=O)NC3(CO)CC3)C1)c1nnc(-c3c(F)cccc3F)cc12. The molecule has 1 aliphatic heterocycles. The molecule has 2 aromatic rings. The van der Waals surface area contributed by atoms with Gasteiger partial charge in [-0.2, -0.15) is 10.2 Å². The zero-order valence-corrected chi connectivity index (χ0v) is 20.3. The van der Waals surface area contributed by atoms with Crippen molar-refractivity contribution in [3.63, 3.8) is 0 Å². The van der Waals surface area contributed by atoms with Crippen molar-refractivity contribution in [2.24, 2.45) is 11.3 Å². The molecule has 1 saturated heterocycles. The molecule has 1 aromatic heterocycles. The number of amides is 2. The molecule has 35 heavy (non-hydrogen) atoms. The number of fused-ring (bicyclic) bond motifs is 5. The van der Waals surface area contributed by atoms with Crippen LogP contribution in [-0.4, -0.2) is 51.5 Å². The maximum atomic E-state index is 14.5. The van der Waals surface area contributed by atoms with Gasteiger partial charge in [0.05, 0.1) is 29.1 Å². The number of aromatic nitrogens is 2. The largest absolute Gasteiger partial charge is 0.394 e. The van der Waals surface area contributed by atoms with Gasteiger partial charge in [0.15, 0.2) is 0 Å². The Kier molecular flexibility index (Phi) is 5.02. The van der Waals surface area contributed by atoms with Gasteiger partial charge in [-0.15, -0.1) is 0 Å². The number of likely N-dealkylation sites (tertiary alicyclic amines) is 1. The van der Waals surface area contributed by atoms with Crippen LogP contribution < -0.4 is 5.32 Å². The Balaban J connectivity index is 1.35. The summed E-state index contributed by atoms with van der Waals surface area (Å²) >= 11 is 0. The second-order valence-electron chi connectivity index (χ2n) is 11.6. The molecule has 2 heterocycles. The highest BCUT2D eigenvalue weighted by atomic mass is 19.1. The predicted octanol–water partition coefficient (Wildman–Crippen LogP) is 4.52. The second kappa shape index (κ2) is 7.69. The van der Waals surface area contributed by atoms with Crippen molar-refractivity contribution in [2.75, 3.05) is 19.7 Å². The van der Waals surface area contributed by atoms with Crippen LogP contribution in [0.2, 0.25) is 0 Å². The summed E-state index contributed by atoms with van der Waals surface area (Å²) < 4.78 is 29.0. The van der Waals surface area contributed by atoms with E-state index >= 15 is 0 Å². The van der Waals surface area contributed by atoms with E-state index in [0.29, 0.717) is 13.1 Å². The molecule has 3 fully saturated rings. The zero-order valence-electron chi connectivity index (χ0n) is 20.3. The third kappa shape index (κ3) is 3.18. The third-order valence-electron chi connectivity index (χ3n) is 9.62. The fraction of sp³-hybridized carbons (Fsp3) is 0.593. The van der Waals surface area contributed by atoms with E-state index < -0.39 is 17.2 Å². The van der Waals surface area contributed by atoms with Gasteiger partial charge in [-0.25, -0.2) is 13.6 Å². The summed E-state index contributed by atoms with van der Waals surface area (Å²) in [6.45, 7) is 5.87. The quantitative estimate of drug-likeness (QED) is 0.672. The van der Waals surface area contributed by atoms with E-state index in [1.54, 1.807) is 0 Å². The number of carbonyl (C=O) groups excluding carboxylic acids is 1. The van der Waals surface area contributed by atoms with Gasteiger partial charge in [-0.3, -0.25) is 0 Å². The Hall–Kier alpha value is -2.61. The van der Waals surface area contributed by atoms with Crippen LogP contribution in [0.25, 0.3) is 11.3 Å².